The van der Waals surface area contributed by atoms with Crippen LogP contribution in [0.5, 0.6) is 5.75 Å². The minimum absolute atomic E-state index is 0.00804. The number of hydrogen-bond acceptors (Lipinski definition) is 2. The molecule has 1 aromatic rings. The van der Waals surface area contributed by atoms with E-state index in [2.05, 4.69) is 13.2 Å². The van der Waals surface area contributed by atoms with E-state index in [-0.39, 0.29) is 5.91 Å². The number of rotatable bonds is 7. The van der Waals surface area contributed by atoms with Crippen molar-refractivity contribution in [1.29, 1.82) is 0 Å². The lowest BCUT2D eigenvalue weighted by Gasteiger charge is -2.24. The smallest absolute Gasteiger partial charge is 0.249 e. The molecule has 0 saturated carbocycles. The molecule has 0 aliphatic heterocycles. The molecular weight excluding hydrogens is 250 g/mol. The highest BCUT2D eigenvalue weighted by Gasteiger charge is 2.16. The van der Waals surface area contributed by atoms with Crippen LogP contribution in [0.1, 0.15) is 25.8 Å². The molecule has 20 heavy (non-hydrogen) atoms. The van der Waals surface area contributed by atoms with Crippen molar-refractivity contribution in [2.24, 2.45) is 0 Å². The van der Waals surface area contributed by atoms with Crippen LogP contribution in [0.15, 0.2) is 48.6 Å². The van der Waals surface area contributed by atoms with Crippen LogP contribution in [0.2, 0.25) is 0 Å². The summed E-state index contributed by atoms with van der Waals surface area (Å²) in [5.74, 6) is 0.802. The van der Waals surface area contributed by atoms with Crippen molar-refractivity contribution in [2.75, 3.05) is 13.7 Å². The van der Waals surface area contributed by atoms with E-state index in [9.17, 15) is 4.79 Å². The van der Waals surface area contributed by atoms with Gasteiger partial charge < -0.3 is 9.64 Å². The third-order valence-corrected chi connectivity index (χ3v) is 3.01. The maximum Gasteiger partial charge on any atom is 0.249 e. The summed E-state index contributed by atoms with van der Waals surface area (Å²) in [5, 5.41) is 0. The van der Waals surface area contributed by atoms with Gasteiger partial charge in [0.15, 0.2) is 0 Å². The van der Waals surface area contributed by atoms with Gasteiger partial charge in [-0.15, -0.1) is 0 Å². The number of carbonyl (C=O) groups is 1. The molecule has 0 bridgehead atoms. The lowest BCUT2D eigenvalue weighted by atomic mass is 10.1. The number of amides is 1. The zero-order valence-corrected chi connectivity index (χ0v) is 12.6. The summed E-state index contributed by atoms with van der Waals surface area (Å²) in [7, 11) is 1.64. The first-order valence-corrected chi connectivity index (χ1v) is 6.72. The Balaban J connectivity index is 2.85. The first-order valence-electron chi connectivity index (χ1n) is 6.72. The molecular formula is C17H23NO2. The summed E-state index contributed by atoms with van der Waals surface area (Å²) >= 11 is 0. The molecule has 0 N–H and O–H groups in total. The van der Waals surface area contributed by atoms with Gasteiger partial charge in [0, 0.05) is 18.7 Å². The number of carbonyl (C=O) groups excluding carboxylic acids is 1. The van der Waals surface area contributed by atoms with Gasteiger partial charge in [-0.3, -0.25) is 4.79 Å². The molecule has 0 aliphatic carbocycles. The molecule has 0 saturated heterocycles. The summed E-state index contributed by atoms with van der Waals surface area (Å²) in [6.07, 6.45) is 0.661. The third kappa shape index (κ3) is 4.57. The molecule has 0 radical (unpaired) electrons. The summed E-state index contributed by atoms with van der Waals surface area (Å²) < 4.78 is 5.13. The molecule has 0 spiro atoms. The van der Waals surface area contributed by atoms with Gasteiger partial charge in [0.1, 0.15) is 5.75 Å². The number of benzene rings is 1. The molecule has 0 unspecified atom stereocenters. The highest BCUT2D eigenvalue weighted by atomic mass is 16.5. The molecule has 3 heteroatoms. The normalized spacial score (nSPS) is 9.95. The number of ether oxygens (including phenoxy) is 1. The lowest BCUT2D eigenvalue weighted by molar-refractivity contribution is -0.127. The quantitative estimate of drug-likeness (QED) is 0.561. The van der Waals surface area contributed by atoms with E-state index in [4.69, 9.17) is 4.74 Å². The van der Waals surface area contributed by atoms with Gasteiger partial charge in [-0.2, -0.15) is 0 Å². The molecule has 0 atom stereocenters. The van der Waals surface area contributed by atoms with Gasteiger partial charge >= 0.3 is 0 Å². The van der Waals surface area contributed by atoms with Gasteiger partial charge in [-0.1, -0.05) is 37.8 Å². The Bertz CT molecular complexity index is 488. The predicted octanol–water partition coefficient (Wildman–Crippen LogP) is 3.57. The maximum atomic E-state index is 12.3. The summed E-state index contributed by atoms with van der Waals surface area (Å²) in [6, 6.07) is 7.72. The molecule has 0 aliphatic rings. The van der Waals surface area contributed by atoms with Crippen LogP contribution in [0.25, 0.3) is 0 Å². The zero-order chi connectivity index (χ0) is 15.1. The summed E-state index contributed by atoms with van der Waals surface area (Å²) in [4.78, 5) is 14.1. The zero-order valence-electron chi connectivity index (χ0n) is 12.6. The van der Waals surface area contributed by atoms with E-state index >= 15 is 0 Å². The molecule has 0 fully saturated rings. The van der Waals surface area contributed by atoms with E-state index in [1.807, 2.05) is 38.1 Å². The monoisotopic (exact) mass is 273 g/mol. The minimum Gasteiger partial charge on any atom is -0.497 e. The van der Waals surface area contributed by atoms with E-state index in [0.29, 0.717) is 25.1 Å². The number of methoxy groups -OCH3 is 1. The van der Waals surface area contributed by atoms with Crippen molar-refractivity contribution in [1.82, 2.24) is 4.90 Å². The van der Waals surface area contributed by atoms with E-state index < -0.39 is 0 Å². The van der Waals surface area contributed by atoms with Crippen LogP contribution in [0.3, 0.4) is 0 Å². The Hall–Kier alpha value is -2.03. The van der Waals surface area contributed by atoms with Crippen LogP contribution in [-0.2, 0) is 11.3 Å². The number of nitrogens with zero attached hydrogens (tertiary/aromatic N) is 1. The lowest BCUT2D eigenvalue weighted by Crippen LogP contribution is -2.32. The van der Waals surface area contributed by atoms with E-state index in [1.54, 1.807) is 12.0 Å². The van der Waals surface area contributed by atoms with Crippen LogP contribution >= 0.6 is 0 Å². The summed E-state index contributed by atoms with van der Waals surface area (Å²) in [6.45, 7) is 12.7. The fourth-order valence-electron chi connectivity index (χ4n) is 1.85. The van der Waals surface area contributed by atoms with Gasteiger partial charge in [0.05, 0.1) is 7.11 Å². The predicted molar refractivity (Wildman–Crippen MR) is 82.7 cm³/mol. The molecule has 1 aromatic carbocycles. The first kappa shape index (κ1) is 16.0. The van der Waals surface area contributed by atoms with Crippen molar-refractivity contribution < 1.29 is 9.53 Å². The standard InChI is InChI=1S/C17H23NO2/c1-6-14(4)17(19)18(11-13(2)3)12-15-7-9-16(20-5)10-8-15/h7-10H,2,4,6,11-12H2,1,3,5H3. The topological polar surface area (TPSA) is 29.5 Å². The third-order valence-electron chi connectivity index (χ3n) is 3.01. The second-order valence-electron chi connectivity index (χ2n) is 4.92. The molecule has 1 amide bonds. The molecule has 1 rings (SSSR count). The fraction of sp³-hybridized carbons (Fsp3) is 0.353. The van der Waals surface area contributed by atoms with Gasteiger partial charge in [-0.25, -0.2) is 0 Å². The van der Waals surface area contributed by atoms with Gasteiger partial charge in [0.2, 0.25) is 5.91 Å². The average molecular weight is 273 g/mol. The van der Waals surface area contributed by atoms with Crippen molar-refractivity contribution in [3.8, 4) is 5.75 Å². The van der Waals surface area contributed by atoms with Crippen LogP contribution < -0.4 is 4.74 Å². The van der Waals surface area contributed by atoms with Gasteiger partial charge in [-0.05, 0) is 31.0 Å². The van der Waals surface area contributed by atoms with Crippen LogP contribution in [0.4, 0.5) is 0 Å². The summed E-state index contributed by atoms with van der Waals surface area (Å²) in [5.41, 5.74) is 2.64. The first-order chi connectivity index (χ1) is 9.47. The molecule has 3 nitrogen and oxygen atoms in total. The van der Waals surface area contributed by atoms with Crippen molar-refractivity contribution in [3.63, 3.8) is 0 Å². The average Bonchev–Trinajstić information content (AvgIpc) is 2.45. The molecule has 108 valence electrons. The highest BCUT2D eigenvalue weighted by Crippen LogP contribution is 2.15. The highest BCUT2D eigenvalue weighted by molar-refractivity contribution is 5.92. The Morgan fingerprint density at radius 3 is 2.30 bits per heavy atom. The number of hydrogen-bond donors (Lipinski definition) is 0. The minimum atomic E-state index is -0.00804. The largest absolute Gasteiger partial charge is 0.497 e. The van der Waals surface area contributed by atoms with Gasteiger partial charge in [0.25, 0.3) is 0 Å². The Labute approximate surface area is 121 Å². The second kappa shape index (κ2) is 7.53. The SMILES string of the molecule is C=C(C)CN(Cc1ccc(OC)cc1)C(=O)C(=C)CC. The Morgan fingerprint density at radius 2 is 1.85 bits per heavy atom. The molecule has 0 aromatic heterocycles. The van der Waals surface area contributed by atoms with Crippen molar-refractivity contribution in [2.45, 2.75) is 26.8 Å². The van der Waals surface area contributed by atoms with Crippen LogP contribution in [-0.4, -0.2) is 24.5 Å². The fourth-order valence-corrected chi connectivity index (χ4v) is 1.85. The Kier molecular flexibility index (Phi) is 6.04. The molecule has 0 heterocycles. The van der Waals surface area contributed by atoms with Crippen LogP contribution in [0, 0.1) is 0 Å². The Morgan fingerprint density at radius 1 is 1.25 bits per heavy atom. The second-order valence-corrected chi connectivity index (χ2v) is 4.92. The van der Waals surface area contributed by atoms with Crippen molar-refractivity contribution >= 4 is 5.91 Å². The van der Waals surface area contributed by atoms with E-state index in [0.717, 1.165) is 16.9 Å². The maximum absolute atomic E-state index is 12.3. The van der Waals surface area contributed by atoms with Crippen molar-refractivity contribution in [3.05, 3.63) is 54.1 Å². The van der Waals surface area contributed by atoms with E-state index in [1.165, 1.54) is 0 Å².